The topological polar surface area (TPSA) is 68.7 Å². The molecule has 4 rings (SSSR count). The SMILES string of the molecule is CC(C)(CN1CCOCC1)c1ccc(-c2cn3ccnc(N)c3n2)cc1. The monoisotopic (exact) mass is 351 g/mol. The number of nitrogens with two attached hydrogens (primary N) is 1. The van der Waals surface area contributed by atoms with E-state index in [4.69, 9.17) is 10.5 Å². The van der Waals surface area contributed by atoms with Gasteiger partial charge in [0.15, 0.2) is 11.5 Å². The molecule has 1 fully saturated rings. The molecule has 136 valence electrons. The van der Waals surface area contributed by atoms with Crippen molar-refractivity contribution in [2.75, 3.05) is 38.6 Å². The fraction of sp³-hybridized carbons (Fsp3) is 0.400. The fourth-order valence-corrected chi connectivity index (χ4v) is 3.58. The molecule has 6 heteroatoms. The largest absolute Gasteiger partial charge is 0.381 e. The van der Waals surface area contributed by atoms with Crippen LogP contribution in [0.2, 0.25) is 0 Å². The number of benzene rings is 1. The lowest BCUT2D eigenvalue weighted by atomic mass is 9.83. The standard InChI is InChI=1S/C20H25N5O/c1-20(2,14-24-9-11-26-12-10-24)16-5-3-15(4-6-16)17-13-25-8-7-22-18(21)19(25)23-17/h3-8,13H,9-12,14H2,1-2H3,(H2,21,22). The lowest BCUT2D eigenvalue weighted by Crippen LogP contribution is -2.43. The van der Waals surface area contributed by atoms with Crippen LogP contribution in [0.25, 0.3) is 16.9 Å². The average molecular weight is 351 g/mol. The Morgan fingerprint density at radius 3 is 2.58 bits per heavy atom. The molecular formula is C20H25N5O. The summed E-state index contributed by atoms with van der Waals surface area (Å²) in [4.78, 5) is 11.2. The summed E-state index contributed by atoms with van der Waals surface area (Å²) in [5.41, 5.74) is 10.0. The van der Waals surface area contributed by atoms with Gasteiger partial charge in [-0.25, -0.2) is 9.97 Å². The van der Waals surface area contributed by atoms with Crippen LogP contribution in [0.3, 0.4) is 0 Å². The summed E-state index contributed by atoms with van der Waals surface area (Å²) in [5, 5.41) is 0. The number of fused-ring (bicyclic) bond motifs is 1. The van der Waals surface area contributed by atoms with E-state index in [0.717, 1.165) is 44.1 Å². The van der Waals surface area contributed by atoms with Crippen molar-refractivity contribution in [1.82, 2.24) is 19.3 Å². The van der Waals surface area contributed by atoms with Crippen LogP contribution in [0.1, 0.15) is 19.4 Å². The quantitative estimate of drug-likeness (QED) is 0.782. The van der Waals surface area contributed by atoms with Gasteiger partial charge in [-0.05, 0) is 5.56 Å². The molecule has 2 N–H and O–H groups in total. The first-order chi connectivity index (χ1) is 12.5. The highest BCUT2D eigenvalue weighted by molar-refractivity contribution is 5.68. The molecule has 0 aliphatic carbocycles. The van der Waals surface area contributed by atoms with E-state index in [2.05, 4.69) is 53.0 Å². The van der Waals surface area contributed by atoms with Gasteiger partial charge in [-0.2, -0.15) is 0 Å². The molecule has 1 aliphatic heterocycles. The Balaban J connectivity index is 1.56. The van der Waals surface area contributed by atoms with Crippen LogP contribution in [-0.2, 0) is 10.2 Å². The molecule has 2 aromatic heterocycles. The van der Waals surface area contributed by atoms with E-state index in [1.165, 1.54) is 5.56 Å². The molecular weight excluding hydrogens is 326 g/mol. The smallest absolute Gasteiger partial charge is 0.180 e. The van der Waals surface area contributed by atoms with Gasteiger partial charge in [0.25, 0.3) is 0 Å². The van der Waals surface area contributed by atoms with Crippen molar-refractivity contribution in [3.8, 4) is 11.3 Å². The van der Waals surface area contributed by atoms with Gasteiger partial charge in [0.05, 0.1) is 18.9 Å². The summed E-state index contributed by atoms with van der Waals surface area (Å²) in [6.07, 6.45) is 5.54. The molecule has 1 aromatic carbocycles. The first kappa shape index (κ1) is 17.0. The van der Waals surface area contributed by atoms with Crippen molar-refractivity contribution in [3.63, 3.8) is 0 Å². The molecule has 3 heterocycles. The van der Waals surface area contributed by atoms with Crippen LogP contribution >= 0.6 is 0 Å². The molecule has 0 unspecified atom stereocenters. The molecule has 0 atom stereocenters. The Hall–Kier alpha value is -2.44. The number of anilines is 1. The highest BCUT2D eigenvalue weighted by Crippen LogP contribution is 2.28. The molecule has 0 bridgehead atoms. The summed E-state index contributed by atoms with van der Waals surface area (Å²) in [6, 6.07) is 8.70. The second kappa shape index (κ2) is 6.70. The average Bonchev–Trinajstić information content (AvgIpc) is 3.08. The zero-order valence-corrected chi connectivity index (χ0v) is 15.4. The first-order valence-electron chi connectivity index (χ1n) is 9.03. The Labute approximate surface area is 153 Å². The van der Waals surface area contributed by atoms with Gasteiger partial charge in [-0.1, -0.05) is 38.1 Å². The van der Waals surface area contributed by atoms with Gasteiger partial charge >= 0.3 is 0 Å². The summed E-state index contributed by atoms with van der Waals surface area (Å²) >= 11 is 0. The van der Waals surface area contributed by atoms with Crippen LogP contribution in [0.5, 0.6) is 0 Å². The molecule has 0 saturated carbocycles. The number of rotatable bonds is 4. The molecule has 6 nitrogen and oxygen atoms in total. The first-order valence-corrected chi connectivity index (χ1v) is 9.03. The maximum absolute atomic E-state index is 5.91. The Morgan fingerprint density at radius 2 is 1.88 bits per heavy atom. The number of ether oxygens (including phenoxy) is 1. The van der Waals surface area contributed by atoms with Crippen molar-refractivity contribution in [2.45, 2.75) is 19.3 Å². The van der Waals surface area contributed by atoms with Crippen LogP contribution < -0.4 is 5.73 Å². The van der Waals surface area contributed by atoms with Crippen LogP contribution in [-0.4, -0.2) is 52.1 Å². The van der Waals surface area contributed by atoms with E-state index in [9.17, 15) is 0 Å². The van der Waals surface area contributed by atoms with E-state index in [1.807, 2.05) is 16.8 Å². The van der Waals surface area contributed by atoms with Gasteiger partial charge in [-0.15, -0.1) is 0 Å². The normalized spacial score (nSPS) is 16.2. The number of aromatic nitrogens is 3. The van der Waals surface area contributed by atoms with Crippen molar-refractivity contribution in [1.29, 1.82) is 0 Å². The van der Waals surface area contributed by atoms with E-state index in [0.29, 0.717) is 11.5 Å². The summed E-state index contributed by atoms with van der Waals surface area (Å²) < 4.78 is 7.36. The van der Waals surface area contributed by atoms with Crippen molar-refractivity contribution < 1.29 is 4.74 Å². The number of morpholine rings is 1. The predicted octanol–water partition coefficient (Wildman–Crippen LogP) is 2.59. The maximum atomic E-state index is 5.91. The number of nitrogen functional groups attached to an aromatic ring is 1. The molecule has 0 radical (unpaired) electrons. The van der Waals surface area contributed by atoms with Gasteiger partial charge in [-0.3, -0.25) is 4.90 Å². The second-order valence-corrected chi connectivity index (χ2v) is 7.52. The maximum Gasteiger partial charge on any atom is 0.180 e. The molecule has 26 heavy (non-hydrogen) atoms. The lowest BCUT2D eigenvalue weighted by Gasteiger charge is -2.35. The minimum Gasteiger partial charge on any atom is -0.381 e. The highest BCUT2D eigenvalue weighted by Gasteiger charge is 2.25. The molecule has 0 spiro atoms. The molecule has 1 aliphatic rings. The highest BCUT2D eigenvalue weighted by atomic mass is 16.5. The number of hydrogen-bond acceptors (Lipinski definition) is 5. The van der Waals surface area contributed by atoms with Crippen molar-refractivity contribution in [2.24, 2.45) is 0 Å². The predicted molar refractivity (Wildman–Crippen MR) is 103 cm³/mol. The van der Waals surface area contributed by atoms with Gasteiger partial charge in [0.1, 0.15) is 0 Å². The zero-order valence-electron chi connectivity index (χ0n) is 15.4. The van der Waals surface area contributed by atoms with E-state index < -0.39 is 0 Å². The van der Waals surface area contributed by atoms with Crippen LogP contribution in [0.15, 0.2) is 42.9 Å². The number of hydrogen-bond donors (Lipinski definition) is 1. The number of nitrogens with zero attached hydrogens (tertiary/aromatic N) is 4. The Bertz CT molecular complexity index is 894. The lowest BCUT2D eigenvalue weighted by molar-refractivity contribution is 0.0295. The summed E-state index contributed by atoms with van der Waals surface area (Å²) in [5.74, 6) is 0.446. The molecule has 1 saturated heterocycles. The minimum absolute atomic E-state index is 0.0864. The third-order valence-corrected chi connectivity index (χ3v) is 5.09. The fourth-order valence-electron chi connectivity index (χ4n) is 3.58. The second-order valence-electron chi connectivity index (χ2n) is 7.52. The summed E-state index contributed by atoms with van der Waals surface area (Å²) in [6.45, 7) is 9.33. The van der Waals surface area contributed by atoms with Crippen molar-refractivity contribution in [3.05, 3.63) is 48.4 Å². The summed E-state index contributed by atoms with van der Waals surface area (Å²) in [7, 11) is 0. The minimum atomic E-state index is 0.0864. The van der Waals surface area contributed by atoms with Gasteiger partial charge in [0, 0.05) is 49.2 Å². The van der Waals surface area contributed by atoms with Crippen LogP contribution in [0.4, 0.5) is 5.82 Å². The zero-order chi connectivity index (χ0) is 18.1. The molecule has 3 aromatic rings. The van der Waals surface area contributed by atoms with Crippen LogP contribution in [0, 0.1) is 0 Å². The van der Waals surface area contributed by atoms with Crippen molar-refractivity contribution >= 4 is 11.5 Å². The van der Waals surface area contributed by atoms with Gasteiger partial charge < -0.3 is 14.9 Å². The van der Waals surface area contributed by atoms with Gasteiger partial charge in [0.2, 0.25) is 0 Å². The number of imidazole rings is 1. The Kier molecular flexibility index (Phi) is 4.38. The third-order valence-electron chi connectivity index (χ3n) is 5.09. The Morgan fingerprint density at radius 1 is 1.15 bits per heavy atom. The third kappa shape index (κ3) is 3.30. The van der Waals surface area contributed by atoms with E-state index in [1.54, 1.807) is 6.20 Å². The van der Waals surface area contributed by atoms with E-state index in [-0.39, 0.29) is 5.41 Å². The van der Waals surface area contributed by atoms with E-state index >= 15 is 0 Å². The molecule has 0 amide bonds.